The van der Waals surface area contributed by atoms with Crippen LogP contribution in [0.25, 0.3) is 11.3 Å². The molecule has 1 aliphatic rings. The molecule has 1 atom stereocenters. The van der Waals surface area contributed by atoms with Gasteiger partial charge in [0.1, 0.15) is 5.75 Å². The molecule has 1 N–H and O–H groups in total. The number of nitrogens with zero attached hydrogens (tertiary/aromatic N) is 2. The van der Waals surface area contributed by atoms with Crippen molar-refractivity contribution in [1.82, 2.24) is 15.4 Å². The Balaban J connectivity index is 1.42. The fourth-order valence-corrected chi connectivity index (χ4v) is 4.04. The Hall–Kier alpha value is -3.12. The van der Waals surface area contributed by atoms with E-state index in [1.807, 2.05) is 37.3 Å². The topological polar surface area (TPSA) is 67.6 Å². The van der Waals surface area contributed by atoms with Crippen LogP contribution in [-0.2, 0) is 0 Å². The quantitative estimate of drug-likeness (QED) is 0.573. The predicted molar refractivity (Wildman–Crippen MR) is 120 cm³/mol. The number of piperidine rings is 1. The minimum absolute atomic E-state index is 0.155. The molecule has 3 aromatic rings. The van der Waals surface area contributed by atoms with Crippen LogP contribution in [0.1, 0.15) is 48.3 Å². The predicted octanol–water partition coefficient (Wildman–Crippen LogP) is 4.70. The molecule has 6 nitrogen and oxygen atoms in total. The lowest BCUT2D eigenvalue weighted by Gasteiger charge is -2.35. The van der Waals surface area contributed by atoms with Crippen molar-refractivity contribution in [1.29, 1.82) is 0 Å². The third kappa shape index (κ3) is 5.33. The first-order valence-corrected chi connectivity index (χ1v) is 11.0. The molecule has 0 spiro atoms. The second-order valence-electron chi connectivity index (χ2n) is 7.77. The molecule has 0 aliphatic carbocycles. The molecule has 1 fully saturated rings. The molecule has 1 saturated heterocycles. The summed E-state index contributed by atoms with van der Waals surface area (Å²) in [6.07, 6.45) is 3.68. The zero-order valence-electron chi connectivity index (χ0n) is 17.9. The number of carbonyl (C=O) groups is 1. The number of hydrogen-bond acceptors (Lipinski definition) is 5. The SMILES string of the molecule is CCOc1ccc(-c2cc(C(=O)NC[C@@H](c3ccccc3)N3CCCCC3)no2)cc1. The van der Waals surface area contributed by atoms with Crippen LogP contribution < -0.4 is 10.1 Å². The van der Waals surface area contributed by atoms with E-state index in [9.17, 15) is 4.79 Å². The van der Waals surface area contributed by atoms with Gasteiger partial charge >= 0.3 is 0 Å². The van der Waals surface area contributed by atoms with Crippen molar-refractivity contribution < 1.29 is 14.1 Å². The van der Waals surface area contributed by atoms with E-state index in [1.54, 1.807) is 6.07 Å². The smallest absolute Gasteiger partial charge is 0.273 e. The first kappa shape index (κ1) is 21.1. The summed E-state index contributed by atoms with van der Waals surface area (Å²) in [5.41, 5.74) is 2.36. The molecule has 31 heavy (non-hydrogen) atoms. The Morgan fingerprint density at radius 1 is 1.10 bits per heavy atom. The van der Waals surface area contributed by atoms with Crippen molar-refractivity contribution in [3.8, 4) is 17.1 Å². The summed E-state index contributed by atoms with van der Waals surface area (Å²) < 4.78 is 10.9. The van der Waals surface area contributed by atoms with Crippen molar-refractivity contribution in [3.05, 3.63) is 71.9 Å². The molecule has 0 bridgehead atoms. The fraction of sp³-hybridized carbons (Fsp3) is 0.360. The summed E-state index contributed by atoms with van der Waals surface area (Å²) in [4.78, 5) is 15.2. The number of likely N-dealkylation sites (tertiary alicyclic amines) is 1. The van der Waals surface area contributed by atoms with E-state index in [0.29, 0.717) is 18.9 Å². The van der Waals surface area contributed by atoms with Gasteiger partial charge in [0.25, 0.3) is 5.91 Å². The van der Waals surface area contributed by atoms with E-state index in [-0.39, 0.29) is 17.6 Å². The Labute approximate surface area is 183 Å². The summed E-state index contributed by atoms with van der Waals surface area (Å²) in [5.74, 6) is 1.14. The van der Waals surface area contributed by atoms with E-state index in [1.165, 1.54) is 24.8 Å². The first-order chi connectivity index (χ1) is 15.2. The lowest BCUT2D eigenvalue weighted by atomic mass is 10.0. The van der Waals surface area contributed by atoms with E-state index in [0.717, 1.165) is 24.4 Å². The number of rotatable bonds is 8. The van der Waals surface area contributed by atoms with Gasteiger partial charge in [0.2, 0.25) is 0 Å². The van der Waals surface area contributed by atoms with Gasteiger partial charge in [-0.15, -0.1) is 0 Å². The van der Waals surface area contributed by atoms with Crippen LogP contribution in [0.4, 0.5) is 0 Å². The zero-order chi connectivity index (χ0) is 21.5. The van der Waals surface area contributed by atoms with Crippen LogP contribution in [0.3, 0.4) is 0 Å². The van der Waals surface area contributed by atoms with Crippen LogP contribution in [0.2, 0.25) is 0 Å². The summed E-state index contributed by atoms with van der Waals surface area (Å²) in [6, 6.07) is 19.8. The monoisotopic (exact) mass is 419 g/mol. The minimum Gasteiger partial charge on any atom is -0.494 e. The lowest BCUT2D eigenvalue weighted by Crippen LogP contribution is -2.40. The molecule has 0 radical (unpaired) electrons. The van der Waals surface area contributed by atoms with Crippen LogP contribution >= 0.6 is 0 Å². The Bertz CT molecular complexity index is 963. The molecular weight excluding hydrogens is 390 g/mol. The molecule has 1 amide bonds. The average Bonchev–Trinajstić information content (AvgIpc) is 3.32. The number of ether oxygens (including phenoxy) is 1. The molecule has 2 aromatic carbocycles. The molecule has 1 aromatic heterocycles. The summed E-state index contributed by atoms with van der Waals surface area (Å²) in [5, 5.41) is 7.04. The third-order valence-corrected chi connectivity index (χ3v) is 5.66. The van der Waals surface area contributed by atoms with E-state index >= 15 is 0 Å². The molecule has 2 heterocycles. The Morgan fingerprint density at radius 3 is 2.55 bits per heavy atom. The van der Waals surface area contributed by atoms with Crippen molar-refractivity contribution in [2.24, 2.45) is 0 Å². The second kappa shape index (κ2) is 10.3. The van der Waals surface area contributed by atoms with Gasteiger partial charge in [0.05, 0.1) is 12.6 Å². The molecule has 1 aliphatic heterocycles. The number of carbonyl (C=O) groups excluding carboxylic acids is 1. The number of nitrogens with one attached hydrogen (secondary N) is 1. The zero-order valence-corrected chi connectivity index (χ0v) is 17.9. The van der Waals surface area contributed by atoms with Gasteiger partial charge in [-0.1, -0.05) is 41.9 Å². The number of benzene rings is 2. The highest BCUT2D eigenvalue weighted by Crippen LogP contribution is 2.25. The van der Waals surface area contributed by atoms with E-state index < -0.39 is 0 Å². The molecular formula is C25H29N3O3. The van der Waals surface area contributed by atoms with Crippen LogP contribution in [0.5, 0.6) is 5.75 Å². The van der Waals surface area contributed by atoms with Crippen LogP contribution in [0.15, 0.2) is 65.2 Å². The maximum atomic E-state index is 12.8. The number of aromatic nitrogens is 1. The van der Waals surface area contributed by atoms with Gasteiger partial charge < -0.3 is 14.6 Å². The summed E-state index contributed by atoms with van der Waals surface area (Å²) in [7, 11) is 0. The van der Waals surface area contributed by atoms with Crippen LogP contribution in [0, 0.1) is 0 Å². The van der Waals surface area contributed by atoms with Gasteiger partial charge in [-0.25, -0.2) is 0 Å². The second-order valence-corrected chi connectivity index (χ2v) is 7.77. The largest absolute Gasteiger partial charge is 0.494 e. The first-order valence-electron chi connectivity index (χ1n) is 11.0. The van der Waals surface area contributed by atoms with Crippen molar-refractivity contribution >= 4 is 5.91 Å². The van der Waals surface area contributed by atoms with E-state index in [2.05, 4.69) is 39.6 Å². The molecule has 4 rings (SSSR count). The van der Waals surface area contributed by atoms with Crippen LogP contribution in [-0.4, -0.2) is 42.2 Å². The number of hydrogen-bond donors (Lipinski definition) is 1. The normalized spacial score (nSPS) is 15.4. The van der Waals surface area contributed by atoms with Crippen molar-refractivity contribution in [3.63, 3.8) is 0 Å². The van der Waals surface area contributed by atoms with Gasteiger partial charge in [0, 0.05) is 18.2 Å². The standard InChI is InChI=1S/C25H29N3O3/c1-2-30-21-13-11-20(12-14-21)24-17-22(27-31-24)25(29)26-18-23(19-9-5-3-6-10-19)28-15-7-4-8-16-28/h3,5-6,9-14,17,23H,2,4,7-8,15-16,18H2,1H3,(H,26,29)/t23-/m0/s1. The van der Waals surface area contributed by atoms with Crippen molar-refractivity contribution in [2.45, 2.75) is 32.2 Å². The highest BCUT2D eigenvalue weighted by Gasteiger charge is 2.23. The maximum Gasteiger partial charge on any atom is 0.273 e. The third-order valence-electron chi connectivity index (χ3n) is 5.66. The summed E-state index contributed by atoms with van der Waals surface area (Å²) in [6.45, 7) is 5.22. The highest BCUT2D eigenvalue weighted by molar-refractivity contribution is 5.93. The fourth-order valence-electron chi connectivity index (χ4n) is 4.04. The molecule has 0 unspecified atom stereocenters. The minimum atomic E-state index is -0.223. The summed E-state index contributed by atoms with van der Waals surface area (Å²) >= 11 is 0. The van der Waals surface area contributed by atoms with Gasteiger partial charge in [-0.05, 0) is 62.7 Å². The van der Waals surface area contributed by atoms with E-state index in [4.69, 9.17) is 9.26 Å². The number of amides is 1. The molecule has 6 heteroatoms. The Morgan fingerprint density at radius 2 is 1.84 bits per heavy atom. The average molecular weight is 420 g/mol. The highest BCUT2D eigenvalue weighted by atomic mass is 16.5. The molecule has 162 valence electrons. The van der Waals surface area contributed by atoms with Gasteiger partial charge in [-0.2, -0.15) is 0 Å². The van der Waals surface area contributed by atoms with Gasteiger partial charge in [-0.3, -0.25) is 9.69 Å². The van der Waals surface area contributed by atoms with Crippen molar-refractivity contribution in [2.75, 3.05) is 26.2 Å². The van der Waals surface area contributed by atoms with Gasteiger partial charge in [0.15, 0.2) is 11.5 Å². The Kier molecular flexibility index (Phi) is 6.99. The lowest BCUT2D eigenvalue weighted by molar-refractivity contribution is 0.0915. The maximum absolute atomic E-state index is 12.8. The molecule has 0 saturated carbocycles.